The molecule has 0 bridgehead atoms. The Morgan fingerprint density at radius 2 is 1.95 bits per heavy atom. The van der Waals surface area contributed by atoms with E-state index >= 15 is 0 Å². The summed E-state index contributed by atoms with van der Waals surface area (Å²) in [6.07, 6.45) is 0. The minimum Gasteiger partial charge on any atom is -0.367 e. The molecular weight excluding hydrogens is 283 g/mol. The van der Waals surface area contributed by atoms with E-state index in [1.165, 1.54) is 6.07 Å². The van der Waals surface area contributed by atoms with Gasteiger partial charge in [-0.15, -0.1) is 0 Å². The Kier molecular flexibility index (Phi) is 5.29. The molecule has 1 aromatic rings. The van der Waals surface area contributed by atoms with Crippen molar-refractivity contribution in [1.29, 1.82) is 10.5 Å². The van der Waals surface area contributed by atoms with Crippen LogP contribution in [0.25, 0.3) is 0 Å². The molecule has 1 fully saturated rings. The fourth-order valence-corrected chi connectivity index (χ4v) is 2.33. The molecular formula is C15H17FN6. The van der Waals surface area contributed by atoms with E-state index in [1.807, 2.05) is 4.90 Å². The fraction of sp³-hybridized carbons (Fsp3) is 0.400. The van der Waals surface area contributed by atoms with Crippen LogP contribution in [0.3, 0.4) is 0 Å². The number of anilines is 2. The first-order valence-electron chi connectivity index (χ1n) is 7.08. The summed E-state index contributed by atoms with van der Waals surface area (Å²) in [7, 11) is 0. The third-order valence-corrected chi connectivity index (χ3v) is 3.62. The first kappa shape index (κ1) is 15.7. The summed E-state index contributed by atoms with van der Waals surface area (Å²) < 4.78 is 14.2. The quantitative estimate of drug-likeness (QED) is 0.677. The van der Waals surface area contributed by atoms with Crippen LogP contribution in [0.1, 0.15) is 6.92 Å². The van der Waals surface area contributed by atoms with Crippen molar-refractivity contribution in [2.45, 2.75) is 6.92 Å². The van der Waals surface area contributed by atoms with Crippen LogP contribution in [-0.4, -0.2) is 43.3 Å². The zero-order chi connectivity index (χ0) is 15.9. The number of benzene rings is 1. The van der Waals surface area contributed by atoms with Gasteiger partial charge in [0.15, 0.2) is 0 Å². The van der Waals surface area contributed by atoms with E-state index in [1.54, 1.807) is 24.3 Å². The minimum atomic E-state index is -0.347. The lowest BCUT2D eigenvalue weighted by Gasteiger charge is -2.35. The van der Waals surface area contributed by atoms with Crippen molar-refractivity contribution in [2.75, 3.05) is 43.0 Å². The molecule has 114 valence electrons. The van der Waals surface area contributed by atoms with Crippen LogP contribution in [-0.2, 0) is 0 Å². The molecule has 6 nitrogen and oxygen atoms in total. The highest BCUT2D eigenvalue weighted by molar-refractivity contribution is 6.10. The Bertz CT molecular complexity index is 618. The molecule has 0 aliphatic carbocycles. The number of nitriles is 2. The third kappa shape index (κ3) is 3.72. The number of rotatable bonds is 4. The predicted molar refractivity (Wildman–Crippen MR) is 83.0 cm³/mol. The Hall–Kier alpha value is -2.64. The number of hydrazone groups is 1. The van der Waals surface area contributed by atoms with Crippen molar-refractivity contribution in [1.82, 2.24) is 4.90 Å². The summed E-state index contributed by atoms with van der Waals surface area (Å²) in [5, 5.41) is 20.8. The highest BCUT2D eigenvalue weighted by Gasteiger charge is 2.18. The molecule has 1 aliphatic heterocycles. The predicted octanol–water partition coefficient (Wildman–Crippen LogP) is 1.78. The van der Waals surface area contributed by atoms with E-state index in [0.29, 0.717) is 11.4 Å². The van der Waals surface area contributed by atoms with Crippen molar-refractivity contribution in [2.24, 2.45) is 5.10 Å². The van der Waals surface area contributed by atoms with E-state index in [0.717, 1.165) is 32.7 Å². The smallest absolute Gasteiger partial charge is 0.237 e. The zero-order valence-electron chi connectivity index (χ0n) is 12.4. The second-order valence-electron chi connectivity index (χ2n) is 4.88. The van der Waals surface area contributed by atoms with Crippen LogP contribution in [0.5, 0.6) is 0 Å². The molecule has 1 N–H and O–H groups in total. The molecule has 1 heterocycles. The Balaban J connectivity index is 2.06. The van der Waals surface area contributed by atoms with Gasteiger partial charge in [0.25, 0.3) is 0 Å². The van der Waals surface area contributed by atoms with Crippen molar-refractivity contribution in [3.63, 3.8) is 0 Å². The van der Waals surface area contributed by atoms with Gasteiger partial charge in [0, 0.05) is 32.2 Å². The second-order valence-corrected chi connectivity index (χ2v) is 4.88. The van der Waals surface area contributed by atoms with Gasteiger partial charge in [-0.2, -0.15) is 15.6 Å². The molecule has 22 heavy (non-hydrogen) atoms. The molecule has 1 aliphatic rings. The molecule has 2 rings (SSSR count). The van der Waals surface area contributed by atoms with Crippen LogP contribution in [0.4, 0.5) is 15.8 Å². The number of nitrogens with zero attached hydrogens (tertiary/aromatic N) is 5. The average Bonchev–Trinajstić information content (AvgIpc) is 2.56. The van der Waals surface area contributed by atoms with Crippen LogP contribution < -0.4 is 10.3 Å². The fourth-order valence-electron chi connectivity index (χ4n) is 2.33. The van der Waals surface area contributed by atoms with Crippen LogP contribution in [0, 0.1) is 28.5 Å². The topological polar surface area (TPSA) is 78.4 Å². The standard InChI is InChI=1S/C15H17FN6/c1-2-21-5-7-22(8-6-21)15-4-3-12(9-14(15)16)19-20-13(10-17)11-18/h3-4,9,19H,2,5-8H2,1H3. The first-order chi connectivity index (χ1) is 10.7. The van der Waals surface area contributed by atoms with Gasteiger partial charge in [-0.05, 0) is 18.7 Å². The molecule has 0 spiro atoms. The highest BCUT2D eigenvalue weighted by atomic mass is 19.1. The zero-order valence-corrected chi connectivity index (χ0v) is 12.4. The van der Waals surface area contributed by atoms with Crippen molar-refractivity contribution >= 4 is 17.1 Å². The number of hydrogen-bond acceptors (Lipinski definition) is 6. The molecule has 0 atom stereocenters. The summed E-state index contributed by atoms with van der Waals surface area (Å²) in [5.41, 5.74) is 3.17. The molecule has 0 amide bonds. The normalized spacial score (nSPS) is 14.8. The SMILES string of the molecule is CCN1CCN(c2ccc(NN=C(C#N)C#N)cc2F)CC1. The van der Waals surface area contributed by atoms with Crippen molar-refractivity contribution < 1.29 is 4.39 Å². The Morgan fingerprint density at radius 3 is 2.50 bits per heavy atom. The number of piperazine rings is 1. The maximum Gasteiger partial charge on any atom is 0.237 e. The van der Waals surface area contributed by atoms with Gasteiger partial charge in [0.1, 0.15) is 18.0 Å². The number of hydrogen-bond donors (Lipinski definition) is 1. The largest absolute Gasteiger partial charge is 0.367 e. The van der Waals surface area contributed by atoms with Gasteiger partial charge in [-0.1, -0.05) is 6.92 Å². The summed E-state index contributed by atoms with van der Waals surface area (Å²) in [5.74, 6) is -0.347. The van der Waals surface area contributed by atoms with Gasteiger partial charge < -0.3 is 9.80 Å². The van der Waals surface area contributed by atoms with Gasteiger partial charge in [0.05, 0.1) is 11.4 Å². The third-order valence-electron chi connectivity index (χ3n) is 3.62. The lowest BCUT2D eigenvalue weighted by atomic mass is 10.2. The first-order valence-corrected chi connectivity index (χ1v) is 7.08. The average molecular weight is 300 g/mol. The summed E-state index contributed by atoms with van der Waals surface area (Å²) in [6.45, 7) is 6.57. The number of nitrogens with one attached hydrogen (secondary N) is 1. The van der Waals surface area contributed by atoms with Crippen LogP contribution in [0.15, 0.2) is 23.3 Å². The molecule has 0 aromatic heterocycles. The minimum absolute atomic E-state index is 0.305. The van der Waals surface area contributed by atoms with Crippen LogP contribution in [0.2, 0.25) is 0 Å². The monoisotopic (exact) mass is 300 g/mol. The summed E-state index contributed by atoms with van der Waals surface area (Å²) in [6, 6.07) is 7.94. The van der Waals surface area contributed by atoms with E-state index < -0.39 is 0 Å². The summed E-state index contributed by atoms with van der Waals surface area (Å²) >= 11 is 0. The van der Waals surface area contributed by atoms with Gasteiger partial charge in [-0.3, -0.25) is 5.43 Å². The maximum absolute atomic E-state index is 14.2. The number of likely N-dealkylation sites (N-methyl/N-ethyl adjacent to an activating group) is 1. The maximum atomic E-state index is 14.2. The van der Waals surface area contributed by atoms with Crippen molar-refractivity contribution in [3.05, 3.63) is 24.0 Å². The van der Waals surface area contributed by atoms with E-state index in [-0.39, 0.29) is 11.5 Å². The summed E-state index contributed by atoms with van der Waals surface area (Å²) in [4.78, 5) is 4.34. The molecule has 0 radical (unpaired) electrons. The van der Waals surface area contributed by atoms with E-state index in [9.17, 15) is 4.39 Å². The Labute approximate surface area is 129 Å². The highest BCUT2D eigenvalue weighted by Crippen LogP contribution is 2.24. The van der Waals surface area contributed by atoms with Gasteiger partial charge >= 0.3 is 0 Å². The van der Waals surface area contributed by atoms with E-state index in [4.69, 9.17) is 10.5 Å². The molecule has 0 unspecified atom stereocenters. The molecule has 1 aromatic carbocycles. The Morgan fingerprint density at radius 1 is 1.27 bits per heavy atom. The van der Waals surface area contributed by atoms with Crippen LogP contribution >= 0.6 is 0 Å². The number of halogens is 1. The van der Waals surface area contributed by atoms with Gasteiger partial charge in [-0.25, -0.2) is 4.39 Å². The van der Waals surface area contributed by atoms with Gasteiger partial charge in [0.2, 0.25) is 5.71 Å². The second kappa shape index (κ2) is 7.39. The molecule has 7 heteroatoms. The molecule has 0 saturated carbocycles. The van der Waals surface area contributed by atoms with E-state index in [2.05, 4.69) is 22.4 Å². The lowest BCUT2D eigenvalue weighted by Crippen LogP contribution is -2.46. The lowest BCUT2D eigenvalue weighted by molar-refractivity contribution is 0.270. The van der Waals surface area contributed by atoms with Crippen molar-refractivity contribution in [3.8, 4) is 12.1 Å². The molecule has 1 saturated heterocycles.